The number of urea groups is 1. The van der Waals surface area contributed by atoms with Gasteiger partial charge in [0.15, 0.2) is 0 Å². The minimum absolute atomic E-state index is 0.0549. The molecular formula is C19H25N3O3. The van der Waals surface area contributed by atoms with Crippen LogP contribution in [0, 0.1) is 0 Å². The first-order chi connectivity index (χ1) is 12.1. The van der Waals surface area contributed by atoms with E-state index < -0.39 is 0 Å². The van der Waals surface area contributed by atoms with Crippen LogP contribution in [0.4, 0.5) is 4.79 Å². The second kappa shape index (κ2) is 8.07. The fourth-order valence-electron chi connectivity index (χ4n) is 3.26. The van der Waals surface area contributed by atoms with Crippen LogP contribution in [0.2, 0.25) is 0 Å². The number of amides is 2. The molecule has 0 aliphatic carbocycles. The lowest BCUT2D eigenvalue weighted by Gasteiger charge is -2.26. The zero-order valence-electron chi connectivity index (χ0n) is 14.4. The van der Waals surface area contributed by atoms with E-state index >= 15 is 0 Å². The number of phenols is 1. The first-order valence-corrected chi connectivity index (χ1v) is 8.74. The van der Waals surface area contributed by atoms with Gasteiger partial charge in [-0.05, 0) is 62.7 Å². The molecule has 0 radical (unpaired) electrons. The van der Waals surface area contributed by atoms with E-state index in [9.17, 15) is 9.90 Å². The molecule has 0 bridgehead atoms. The molecule has 3 rings (SSSR count). The van der Waals surface area contributed by atoms with Crippen molar-refractivity contribution in [3.05, 3.63) is 54.0 Å². The summed E-state index contributed by atoms with van der Waals surface area (Å²) in [4.78, 5) is 14.6. The van der Waals surface area contributed by atoms with Crippen LogP contribution in [-0.4, -0.2) is 35.7 Å². The van der Waals surface area contributed by atoms with Gasteiger partial charge in [0.25, 0.3) is 0 Å². The normalized spacial score (nSPS) is 17.2. The van der Waals surface area contributed by atoms with Gasteiger partial charge in [0.2, 0.25) is 0 Å². The van der Waals surface area contributed by atoms with Crippen LogP contribution in [0.3, 0.4) is 0 Å². The number of benzene rings is 1. The molecule has 6 heteroatoms. The van der Waals surface area contributed by atoms with Crippen LogP contribution in [0.15, 0.2) is 47.1 Å². The van der Waals surface area contributed by atoms with Crippen LogP contribution in [0.5, 0.6) is 5.75 Å². The molecule has 2 heterocycles. The van der Waals surface area contributed by atoms with Gasteiger partial charge in [0, 0.05) is 6.54 Å². The lowest BCUT2D eigenvalue weighted by atomic mass is 10.1. The molecule has 2 amide bonds. The predicted octanol–water partition coefficient (Wildman–Crippen LogP) is 3.18. The van der Waals surface area contributed by atoms with Crippen molar-refractivity contribution in [3.8, 4) is 5.75 Å². The van der Waals surface area contributed by atoms with Gasteiger partial charge in [-0.15, -0.1) is 0 Å². The highest BCUT2D eigenvalue weighted by Crippen LogP contribution is 2.25. The molecular weight excluding hydrogens is 318 g/mol. The first-order valence-electron chi connectivity index (χ1n) is 8.74. The van der Waals surface area contributed by atoms with Crippen molar-refractivity contribution in [2.45, 2.75) is 31.8 Å². The summed E-state index contributed by atoms with van der Waals surface area (Å²) < 4.78 is 5.56. The maximum absolute atomic E-state index is 12.3. The van der Waals surface area contributed by atoms with E-state index in [0.717, 1.165) is 24.4 Å². The van der Waals surface area contributed by atoms with Crippen molar-refractivity contribution >= 4 is 6.03 Å². The Hall–Kier alpha value is -2.47. The fraction of sp³-hybridized carbons (Fsp3) is 0.421. The smallest absolute Gasteiger partial charge is 0.315 e. The Bertz CT molecular complexity index is 681. The average molecular weight is 343 g/mol. The van der Waals surface area contributed by atoms with Crippen LogP contribution >= 0.6 is 0 Å². The van der Waals surface area contributed by atoms with Gasteiger partial charge >= 0.3 is 6.03 Å². The third-order valence-electron chi connectivity index (χ3n) is 4.63. The largest absolute Gasteiger partial charge is 0.508 e. The van der Waals surface area contributed by atoms with Gasteiger partial charge in [-0.25, -0.2) is 4.79 Å². The predicted molar refractivity (Wildman–Crippen MR) is 95.3 cm³/mol. The van der Waals surface area contributed by atoms with Crippen molar-refractivity contribution in [1.82, 2.24) is 15.5 Å². The van der Waals surface area contributed by atoms with Crippen molar-refractivity contribution in [2.24, 2.45) is 0 Å². The SMILES string of the molecule is C[C@@H](NC(=O)NC[C@H](c1ccco1)N1CCCC1)c1cccc(O)c1. The zero-order valence-corrected chi connectivity index (χ0v) is 14.4. The first kappa shape index (κ1) is 17.4. The standard InChI is InChI=1S/C19H25N3O3/c1-14(15-6-4-7-16(23)12-15)21-19(24)20-13-17(18-8-5-11-25-18)22-9-2-3-10-22/h4-8,11-12,14,17,23H,2-3,9-10,13H2,1H3,(H2,20,21,24)/t14-,17-/m1/s1. The van der Waals surface area contributed by atoms with Gasteiger partial charge in [-0.2, -0.15) is 0 Å². The van der Waals surface area contributed by atoms with Crippen molar-refractivity contribution in [3.63, 3.8) is 0 Å². The zero-order chi connectivity index (χ0) is 17.6. The third-order valence-corrected chi connectivity index (χ3v) is 4.63. The molecule has 0 spiro atoms. The molecule has 134 valence electrons. The molecule has 0 unspecified atom stereocenters. The van der Waals surface area contributed by atoms with E-state index in [1.807, 2.05) is 25.1 Å². The molecule has 1 aliphatic heterocycles. The van der Waals surface area contributed by atoms with Crippen molar-refractivity contribution in [1.29, 1.82) is 0 Å². The topological polar surface area (TPSA) is 77.7 Å². The number of likely N-dealkylation sites (tertiary alicyclic amines) is 1. The van der Waals surface area contributed by atoms with E-state index in [2.05, 4.69) is 15.5 Å². The van der Waals surface area contributed by atoms with E-state index in [0.29, 0.717) is 6.54 Å². The minimum Gasteiger partial charge on any atom is -0.508 e. The summed E-state index contributed by atoms with van der Waals surface area (Å²) in [6, 6.07) is 10.4. The van der Waals surface area contributed by atoms with E-state index in [1.165, 1.54) is 12.8 Å². The molecule has 2 aromatic rings. The Morgan fingerprint density at radius 1 is 1.28 bits per heavy atom. The highest BCUT2D eigenvalue weighted by atomic mass is 16.3. The number of hydrogen-bond donors (Lipinski definition) is 3. The monoisotopic (exact) mass is 343 g/mol. The number of carbonyl (C=O) groups excluding carboxylic acids is 1. The maximum Gasteiger partial charge on any atom is 0.315 e. The molecule has 1 aromatic heterocycles. The van der Waals surface area contributed by atoms with E-state index in [-0.39, 0.29) is 23.9 Å². The number of furan rings is 1. The van der Waals surface area contributed by atoms with Gasteiger partial charge in [0.1, 0.15) is 11.5 Å². The highest BCUT2D eigenvalue weighted by Gasteiger charge is 2.26. The number of aromatic hydroxyl groups is 1. The molecule has 6 nitrogen and oxygen atoms in total. The average Bonchev–Trinajstić information content (AvgIpc) is 3.29. The van der Waals surface area contributed by atoms with Gasteiger partial charge < -0.3 is 20.2 Å². The molecule has 1 fully saturated rings. The third kappa shape index (κ3) is 4.54. The molecule has 1 aromatic carbocycles. The quantitative estimate of drug-likeness (QED) is 0.753. The number of nitrogens with one attached hydrogen (secondary N) is 2. The van der Waals surface area contributed by atoms with Crippen molar-refractivity contribution in [2.75, 3.05) is 19.6 Å². The Balaban J connectivity index is 1.56. The summed E-state index contributed by atoms with van der Waals surface area (Å²) in [5, 5.41) is 15.4. The summed E-state index contributed by atoms with van der Waals surface area (Å²) in [6.07, 6.45) is 4.03. The van der Waals surface area contributed by atoms with Gasteiger partial charge in [-0.3, -0.25) is 4.90 Å². The van der Waals surface area contributed by atoms with Crippen LogP contribution in [0.25, 0.3) is 0 Å². The van der Waals surface area contributed by atoms with Gasteiger partial charge in [0.05, 0.1) is 18.3 Å². The van der Waals surface area contributed by atoms with Crippen LogP contribution < -0.4 is 10.6 Å². The van der Waals surface area contributed by atoms with E-state index in [1.54, 1.807) is 24.5 Å². The number of nitrogens with zero attached hydrogens (tertiary/aromatic N) is 1. The molecule has 1 saturated heterocycles. The molecule has 2 atom stereocenters. The minimum atomic E-state index is -0.230. The molecule has 3 N–H and O–H groups in total. The van der Waals surface area contributed by atoms with Crippen LogP contribution in [0.1, 0.15) is 43.2 Å². The molecule has 0 saturated carbocycles. The number of rotatable bonds is 6. The summed E-state index contributed by atoms with van der Waals surface area (Å²) in [7, 11) is 0. The fourth-order valence-corrected chi connectivity index (χ4v) is 3.26. The van der Waals surface area contributed by atoms with Gasteiger partial charge in [-0.1, -0.05) is 12.1 Å². The molecule has 1 aliphatic rings. The number of carbonyl (C=O) groups is 1. The lowest BCUT2D eigenvalue weighted by molar-refractivity contribution is 0.202. The molecule has 25 heavy (non-hydrogen) atoms. The maximum atomic E-state index is 12.3. The lowest BCUT2D eigenvalue weighted by Crippen LogP contribution is -2.42. The van der Waals surface area contributed by atoms with Crippen molar-refractivity contribution < 1.29 is 14.3 Å². The second-order valence-electron chi connectivity index (χ2n) is 6.45. The Kier molecular flexibility index (Phi) is 5.60. The number of phenolic OH excluding ortho intramolecular Hbond substituents is 1. The second-order valence-corrected chi connectivity index (χ2v) is 6.45. The summed E-state index contributed by atoms with van der Waals surface area (Å²) >= 11 is 0. The summed E-state index contributed by atoms with van der Waals surface area (Å²) in [6.45, 7) is 4.42. The summed E-state index contributed by atoms with van der Waals surface area (Å²) in [5.74, 6) is 1.07. The highest BCUT2D eigenvalue weighted by molar-refractivity contribution is 5.74. The Labute approximate surface area is 147 Å². The van der Waals surface area contributed by atoms with Crippen LogP contribution in [-0.2, 0) is 0 Å². The summed E-state index contributed by atoms with van der Waals surface area (Å²) in [5.41, 5.74) is 0.859. The van der Waals surface area contributed by atoms with E-state index in [4.69, 9.17) is 4.42 Å². The Morgan fingerprint density at radius 3 is 2.76 bits per heavy atom. The number of hydrogen-bond acceptors (Lipinski definition) is 4. The Morgan fingerprint density at radius 2 is 2.08 bits per heavy atom.